The molecule has 1 fully saturated rings. The van der Waals surface area contributed by atoms with Gasteiger partial charge in [-0.3, -0.25) is 4.90 Å². The maximum atomic E-state index is 13.1. The smallest absolute Gasteiger partial charge is 0.123 e. The number of nitrogens with zero attached hydrogens (tertiary/aromatic N) is 1. The van der Waals surface area contributed by atoms with Crippen LogP contribution in [-0.2, 0) is 6.54 Å². The molecule has 96 valence electrons. The molecule has 1 saturated heterocycles. The monoisotopic (exact) mass is 278 g/mol. The summed E-state index contributed by atoms with van der Waals surface area (Å²) in [5, 5.41) is 3.97. The first-order chi connectivity index (χ1) is 7.66. The van der Waals surface area contributed by atoms with Crippen LogP contribution in [0.15, 0.2) is 18.2 Å². The standard InChI is InChI=1S/C12H16ClFN2.ClH/c1-9-7-15-4-5-16(9)8-10-6-11(14)2-3-12(10)13;/h2-3,6,9,15H,4-5,7-8H2,1H3;1H/t9-;/m1./s1. The molecule has 0 unspecified atom stereocenters. The van der Waals surface area contributed by atoms with E-state index in [4.69, 9.17) is 11.6 Å². The van der Waals surface area contributed by atoms with Crippen molar-refractivity contribution in [3.8, 4) is 0 Å². The maximum Gasteiger partial charge on any atom is 0.123 e. The average Bonchev–Trinajstić information content (AvgIpc) is 2.27. The second-order valence-electron chi connectivity index (χ2n) is 4.26. The fraction of sp³-hybridized carbons (Fsp3) is 0.500. The molecule has 5 heteroatoms. The second kappa shape index (κ2) is 6.55. The van der Waals surface area contributed by atoms with Gasteiger partial charge in [-0.2, -0.15) is 0 Å². The third kappa shape index (κ3) is 3.81. The topological polar surface area (TPSA) is 15.3 Å². The molecule has 2 rings (SSSR count). The van der Waals surface area contributed by atoms with Gasteiger partial charge in [-0.25, -0.2) is 4.39 Å². The van der Waals surface area contributed by atoms with Crippen LogP contribution in [-0.4, -0.2) is 30.6 Å². The molecule has 0 radical (unpaired) electrons. The van der Waals surface area contributed by atoms with Crippen LogP contribution in [0.1, 0.15) is 12.5 Å². The van der Waals surface area contributed by atoms with Gasteiger partial charge < -0.3 is 5.32 Å². The highest BCUT2D eigenvalue weighted by atomic mass is 35.5. The van der Waals surface area contributed by atoms with E-state index in [1.165, 1.54) is 12.1 Å². The Morgan fingerprint density at radius 1 is 1.53 bits per heavy atom. The van der Waals surface area contributed by atoms with Crippen molar-refractivity contribution < 1.29 is 4.39 Å². The van der Waals surface area contributed by atoms with Crippen LogP contribution < -0.4 is 5.32 Å². The first-order valence-electron chi connectivity index (χ1n) is 5.55. The molecular weight excluding hydrogens is 262 g/mol. The van der Waals surface area contributed by atoms with Gasteiger partial charge in [-0.15, -0.1) is 12.4 Å². The Labute approximate surface area is 113 Å². The van der Waals surface area contributed by atoms with Gasteiger partial charge in [0.15, 0.2) is 0 Å². The van der Waals surface area contributed by atoms with Crippen LogP contribution >= 0.6 is 24.0 Å². The van der Waals surface area contributed by atoms with Crippen LogP contribution in [0, 0.1) is 5.82 Å². The van der Waals surface area contributed by atoms with Gasteiger partial charge in [0.1, 0.15) is 5.82 Å². The Morgan fingerprint density at radius 2 is 2.29 bits per heavy atom. The molecule has 17 heavy (non-hydrogen) atoms. The summed E-state index contributed by atoms with van der Waals surface area (Å²) in [6, 6.07) is 5.01. The quantitative estimate of drug-likeness (QED) is 0.895. The van der Waals surface area contributed by atoms with Gasteiger partial charge >= 0.3 is 0 Å². The Hall–Kier alpha value is -0.350. The van der Waals surface area contributed by atoms with E-state index in [1.54, 1.807) is 6.07 Å². The average molecular weight is 279 g/mol. The summed E-state index contributed by atoms with van der Waals surface area (Å²) < 4.78 is 13.1. The van der Waals surface area contributed by atoms with Gasteiger partial charge in [-0.1, -0.05) is 11.6 Å². The third-order valence-corrected chi connectivity index (χ3v) is 3.39. The van der Waals surface area contributed by atoms with Crippen LogP contribution in [0.25, 0.3) is 0 Å². The van der Waals surface area contributed by atoms with E-state index in [2.05, 4.69) is 17.1 Å². The van der Waals surface area contributed by atoms with Crippen molar-refractivity contribution in [2.45, 2.75) is 19.5 Å². The molecule has 1 aromatic carbocycles. The number of hydrogen-bond acceptors (Lipinski definition) is 2. The zero-order valence-electron chi connectivity index (χ0n) is 9.75. The molecule has 0 spiro atoms. The van der Waals surface area contributed by atoms with Gasteiger partial charge in [0.2, 0.25) is 0 Å². The summed E-state index contributed by atoms with van der Waals surface area (Å²) in [6.45, 7) is 5.83. The molecule has 0 aliphatic carbocycles. The van der Waals surface area contributed by atoms with Crippen molar-refractivity contribution >= 4 is 24.0 Å². The minimum Gasteiger partial charge on any atom is -0.314 e. The van der Waals surface area contributed by atoms with Crippen molar-refractivity contribution in [3.63, 3.8) is 0 Å². The zero-order valence-corrected chi connectivity index (χ0v) is 11.3. The Balaban J connectivity index is 0.00000144. The van der Waals surface area contributed by atoms with Gasteiger partial charge in [0, 0.05) is 37.2 Å². The lowest BCUT2D eigenvalue weighted by molar-refractivity contribution is 0.165. The summed E-state index contributed by atoms with van der Waals surface area (Å²) in [5.74, 6) is -0.220. The SMILES string of the molecule is C[C@@H]1CNCCN1Cc1cc(F)ccc1Cl.Cl. The molecule has 1 heterocycles. The fourth-order valence-electron chi connectivity index (χ4n) is 2.00. The molecule has 2 nitrogen and oxygen atoms in total. The summed E-state index contributed by atoms with van der Waals surface area (Å²) in [4.78, 5) is 2.32. The maximum absolute atomic E-state index is 13.1. The van der Waals surface area contributed by atoms with Gasteiger partial charge in [0.05, 0.1) is 0 Å². The van der Waals surface area contributed by atoms with E-state index >= 15 is 0 Å². The fourth-order valence-corrected chi connectivity index (χ4v) is 2.18. The molecule has 1 aliphatic heterocycles. The number of rotatable bonds is 2. The summed E-state index contributed by atoms with van der Waals surface area (Å²) in [7, 11) is 0. The molecule has 1 N–H and O–H groups in total. The molecule has 1 aliphatic rings. The van der Waals surface area contributed by atoms with Crippen LogP contribution in [0.5, 0.6) is 0 Å². The van der Waals surface area contributed by atoms with E-state index in [0.29, 0.717) is 11.1 Å². The number of halogens is 3. The highest BCUT2D eigenvalue weighted by Crippen LogP contribution is 2.20. The van der Waals surface area contributed by atoms with Crippen molar-refractivity contribution in [1.29, 1.82) is 0 Å². The van der Waals surface area contributed by atoms with Crippen molar-refractivity contribution in [1.82, 2.24) is 10.2 Å². The lowest BCUT2D eigenvalue weighted by Gasteiger charge is -2.34. The predicted octanol–water partition coefficient (Wildman–Crippen LogP) is 2.69. The normalized spacial score (nSPS) is 21.0. The molecule has 0 saturated carbocycles. The van der Waals surface area contributed by atoms with E-state index in [0.717, 1.165) is 31.7 Å². The zero-order chi connectivity index (χ0) is 11.5. The number of nitrogens with one attached hydrogen (secondary N) is 1. The largest absolute Gasteiger partial charge is 0.314 e. The minimum atomic E-state index is -0.220. The third-order valence-electron chi connectivity index (χ3n) is 3.02. The van der Waals surface area contributed by atoms with Crippen LogP contribution in [0.2, 0.25) is 5.02 Å². The summed E-state index contributed by atoms with van der Waals surface area (Å²) in [6.07, 6.45) is 0. The highest BCUT2D eigenvalue weighted by Gasteiger charge is 2.18. The molecule has 1 aromatic rings. The van der Waals surface area contributed by atoms with Gasteiger partial charge in [0.25, 0.3) is 0 Å². The number of benzene rings is 1. The Kier molecular flexibility index (Phi) is 5.67. The molecular formula is C12H17Cl2FN2. The Bertz CT molecular complexity index is 374. The lowest BCUT2D eigenvalue weighted by atomic mass is 10.1. The number of piperazine rings is 1. The first kappa shape index (κ1) is 14.7. The molecule has 0 bridgehead atoms. The highest BCUT2D eigenvalue weighted by molar-refractivity contribution is 6.31. The van der Waals surface area contributed by atoms with Crippen molar-refractivity contribution in [2.24, 2.45) is 0 Å². The second-order valence-corrected chi connectivity index (χ2v) is 4.67. The first-order valence-corrected chi connectivity index (χ1v) is 5.93. The Morgan fingerprint density at radius 3 is 3.00 bits per heavy atom. The molecule has 1 atom stereocenters. The molecule has 0 aromatic heterocycles. The van der Waals surface area contributed by atoms with Crippen LogP contribution in [0.3, 0.4) is 0 Å². The van der Waals surface area contributed by atoms with Crippen molar-refractivity contribution in [3.05, 3.63) is 34.6 Å². The van der Waals surface area contributed by atoms with Crippen LogP contribution in [0.4, 0.5) is 4.39 Å². The molecule has 0 amide bonds. The minimum absolute atomic E-state index is 0. The predicted molar refractivity (Wildman–Crippen MR) is 71.4 cm³/mol. The van der Waals surface area contributed by atoms with Gasteiger partial charge in [-0.05, 0) is 30.7 Å². The van der Waals surface area contributed by atoms with E-state index in [-0.39, 0.29) is 18.2 Å². The summed E-state index contributed by atoms with van der Waals surface area (Å²) >= 11 is 6.05. The lowest BCUT2D eigenvalue weighted by Crippen LogP contribution is -2.49. The van der Waals surface area contributed by atoms with E-state index in [1.807, 2.05) is 0 Å². The summed E-state index contributed by atoms with van der Waals surface area (Å²) in [5.41, 5.74) is 0.871. The number of hydrogen-bond donors (Lipinski definition) is 1. The van der Waals surface area contributed by atoms with E-state index < -0.39 is 0 Å². The van der Waals surface area contributed by atoms with E-state index in [9.17, 15) is 4.39 Å². The van der Waals surface area contributed by atoms with Crippen molar-refractivity contribution in [2.75, 3.05) is 19.6 Å².